The predicted molar refractivity (Wildman–Crippen MR) is 95.4 cm³/mol. The number of nitrogens with one attached hydrogen (secondary N) is 1. The molecule has 2 rings (SSSR count). The van der Waals surface area contributed by atoms with E-state index in [1.165, 1.54) is 25.8 Å². The van der Waals surface area contributed by atoms with Crippen molar-refractivity contribution in [3.05, 3.63) is 48.0 Å². The number of sulfonamides is 1. The van der Waals surface area contributed by atoms with Gasteiger partial charge in [-0.3, -0.25) is 4.72 Å². The van der Waals surface area contributed by atoms with E-state index in [1.807, 2.05) is 12.1 Å². The van der Waals surface area contributed by atoms with Gasteiger partial charge in [0.2, 0.25) is 0 Å². The first-order valence-corrected chi connectivity index (χ1v) is 9.32. The van der Waals surface area contributed by atoms with Gasteiger partial charge in [-0.2, -0.15) is 0 Å². The summed E-state index contributed by atoms with van der Waals surface area (Å²) in [7, 11) is -0.799. The molecule has 0 aromatic heterocycles. The second-order valence-electron chi connectivity index (χ2n) is 5.42. The molecule has 0 atom stereocenters. The van der Waals surface area contributed by atoms with Crippen molar-refractivity contribution in [1.29, 1.82) is 0 Å². The number of benzene rings is 2. The molecule has 0 aliphatic heterocycles. The Morgan fingerprint density at radius 2 is 1.71 bits per heavy atom. The molecule has 0 fully saturated rings. The third-order valence-corrected chi connectivity index (χ3v) is 5.11. The number of unbranched alkanes of at least 4 members (excludes halogenated alkanes) is 1. The molecule has 1 N–H and O–H groups in total. The van der Waals surface area contributed by atoms with Crippen molar-refractivity contribution in [2.45, 2.75) is 31.1 Å². The Morgan fingerprint density at radius 1 is 1.00 bits per heavy atom. The van der Waals surface area contributed by atoms with Gasteiger partial charge in [-0.15, -0.1) is 0 Å². The van der Waals surface area contributed by atoms with Crippen LogP contribution >= 0.6 is 0 Å². The Kier molecular flexibility index (Phi) is 6.09. The molecule has 2 aromatic rings. The van der Waals surface area contributed by atoms with Gasteiger partial charge in [0.1, 0.15) is 16.4 Å². The third-order valence-electron chi connectivity index (χ3n) is 3.69. The van der Waals surface area contributed by atoms with E-state index < -0.39 is 10.0 Å². The standard InChI is InChI=1S/C18H23NO4S/c1-4-5-6-14-7-9-15(10-8-14)19-24(20,21)18-12-11-16(22-2)13-17(18)23-3/h7-13,19H,4-6H2,1-3H3. The highest BCUT2D eigenvalue weighted by Gasteiger charge is 2.20. The fourth-order valence-electron chi connectivity index (χ4n) is 2.33. The summed E-state index contributed by atoms with van der Waals surface area (Å²) in [6.45, 7) is 2.14. The Bertz CT molecular complexity index is 770. The van der Waals surface area contributed by atoms with E-state index in [1.54, 1.807) is 24.3 Å². The lowest BCUT2D eigenvalue weighted by Crippen LogP contribution is -2.14. The zero-order valence-corrected chi connectivity index (χ0v) is 15.0. The SMILES string of the molecule is CCCCc1ccc(NS(=O)(=O)c2ccc(OC)cc2OC)cc1. The fraction of sp³-hybridized carbons (Fsp3) is 0.333. The summed E-state index contributed by atoms with van der Waals surface area (Å²) in [6.07, 6.45) is 3.25. The van der Waals surface area contributed by atoms with Crippen LogP contribution in [0.3, 0.4) is 0 Å². The topological polar surface area (TPSA) is 64.6 Å². The number of hydrogen-bond acceptors (Lipinski definition) is 4. The number of methoxy groups -OCH3 is 2. The molecule has 130 valence electrons. The van der Waals surface area contributed by atoms with Crippen molar-refractivity contribution in [2.75, 3.05) is 18.9 Å². The minimum Gasteiger partial charge on any atom is -0.497 e. The number of anilines is 1. The van der Waals surface area contributed by atoms with Crippen LogP contribution in [0.1, 0.15) is 25.3 Å². The van der Waals surface area contributed by atoms with Crippen LogP contribution in [0, 0.1) is 0 Å². The van der Waals surface area contributed by atoms with E-state index in [-0.39, 0.29) is 10.6 Å². The molecular formula is C18H23NO4S. The van der Waals surface area contributed by atoms with Crippen LogP contribution in [0.5, 0.6) is 11.5 Å². The van der Waals surface area contributed by atoms with Crippen LogP contribution in [0.2, 0.25) is 0 Å². The maximum Gasteiger partial charge on any atom is 0.265 e. The summed E-state index contributed by atoms with van der Waals surface area (Å²) in [5.41, 5.74) is 1.72. The van der Waals surface area contributed by atoms with Gasteiger partial charge in [0, 0.05) is 11.8 Å². The van der Waals surface area contributed by atoms with Crippen molar-refractivity contribution in [3.8, 4) is 11.5 Å². The van der Waals surface area contributed by atoms with Gasteiger partial charge in [0.25, 0.3) is 10.0 Å². The molecule has 0 unspecified atom stereocenters. The van der Waals surface area contributed by atoms with Gasteiger partial charge >= 0.3 is 0 Å². The molecule has 0 aliphatic carbocycles. The summed E-state index contributed by atoms with van der Waals surface area (Å²) in [5.74, 6) is 0.771. The molecule has 0 bridgehead atoms. The maximum absolute atomic E-state index is 12.6. The fourth-order valence-corrected chi connectivity index (χ4v) is 3.54. The van der Waals surface area contributed by atoms with Crippen LogP contribution < -0.4 is 14.2 Å². The Balaban J connectivity index is 2.22. The molecule has 0 amide bonds. The molecule has 6 heteroatoms. The quantitative estimate of drug-likeness (QED) is 0.786. The Morgan fingerprint density at radius 3 is 2.29 bits per heavy atom. The second kappa shape index (κ2) is 8.06. The highest BCUT2D eigenvalue weighted by Crippen LogP contribution is 2.29. The van der Waals surface area contributed by atoms with E-state index >= 15 is 0 Å². The summed E-state index contributed by atoms with van der Waals surface area (Å²) >= 11 is 0. The van der Waals surface area contributed by atoms with E-state index in [4.69, 9.17) is 9.47 Å². The van der Waals surface area contributed by atoms with E-state index in [9.17, 15) is 8.42 Å². The monoisotopic (exact) mass is 349 g/mol. The molecule has 24 heavy (non-hydrogen) atoms. The second-order valence-corrected chi connectivity index (χ2v) is 7.07. The average molecular weight is 349 g/mol. The van der Waals surface area contributed by atoms with Crippen molar-refractivity contribution < 1.29 is 17.9 Å². The lowest BCUT2D eigenvalue weighted by Gasteiger charge is -2.13. The van der Waals surface area contributed by atoms with Gasteiger partial charge in [-0.05, 0) is 42.7 Å². The molecule has 0 saturated heterocycles. The van der Waals surface area contributed by atoms with E-state index in [0.29, 0.717) is 11.4 Å². The smallest absolute Gasteiger partial charge is 0.265 e. The van der Waals surface area contributed by atoms with E-state index in [0.717, 1.165) is 19.3 Å². The van der Waals surface area contributed by atoms with Crippen molar-refractivity contribution in [3.63, 3.8) is 0 Å². The van der Waals surface area contributed by atoms with Crippen LogP contribution in [0.25, 0.3) is 0 Å². The van der Waals surface area contributed by atoms with Crippen LogP contribution in [-0.4, -0.2) is 22.6 Å². The van der Waals surface area contributed by atoms with Gasteiger partial charge < -0.3 is 9.47 Å². The van der Waals surface area contributed by atoms with Crippen LogP contribution in [0.4, 0.5) is 5.69 Å². The lowest BCUT2D eigenvalue weighted by molar-refractivity contribution is 0.386. The van der Waals surface area contributed by atoms with E-state index in [2.05, 4.69) is 11.6 Å². The normalized spacial score (nSPS) is 11.1. The zero-order valence-electron chi connectivity index (χ0n) is 14.2. The van der Waals surface area contributed by atoms with Crippen LogP contribution in [0.15, 0.2) is 47.4 Å². The molecule has 0 saturated carbocycles. The lowest BCUT2D eigenvalue weighted by atomic mass is 10.1. The number of aryl methyl sites for hydroxylation is 1. The highest BCUT2D eigenvalue weighted by atomic mass is 32.2. The van der Waals surface area contributed by atoms with Gasteiger partial charge in [0.05, 0.1) is 14.2 Å². The van der Waals surface area contributed by atoms with Gasteiger partial charge in [0.15, 0.2) is 0 Å². The first-order valence-electron chi connectivity index (χ1n) is 7.84. The predicted octanol–water partition coefficient (Wildman–Crippen LogP) is 3.85. The molecule has 5 nitrogen and oxygen atoms in total. The number of hydrogen-bond donors (Lipinski definition) is 1. The first-order chi connectivity index (χ1) is 11.5. The maximum atomic E-state index is 12.6. The summed E-state index contributed by atoms with van der Waals surface area (Å²) < 4.78 is 38.1. The molecule has 2 aromatic carbocycles. The van der Waals surface area contributed by atoms with Crippen molar-refractivity contribution in [1.82, 2.24) is 0 Å². The number of rotatable bonds is 8. The molecule has 0 radical (unpaired) electrons. The Labute approximate surface area is 143 Å². The van der Waals surface area contributed by atoms with Gasteiger partial charge in [-0.25, -0.2) is 8.42 Å². The summed E-state index contributed by atoms with van der Waals surface area (Å²) in [4.78, 5) is 0.0702. The minimum absolute atomic E-state index is 0.0702. The third kappa shape index (κ3) is 4.41. The largest absolute Gasteiger partial charge is 0.497 e. The zero-order chi connectivity index (χ0) is 17.6. The highest BCUT2D eigenvalue weighted by molar-refractivity contribution is 7.92. The minimum atomic E-state index is -3.74. The molecule has 0 spiro atoms. The average Bonchev–Trinajstić information content (AvgIpc) is 2.60. The Hall–Kier alpha value is -2.21. The number of ether oxygens (including phenoxy) is 2. The van der Waals surface area contributed by atoms with Gasteiger partial charge in [-0.1, -0.05) is 25.5 Å². The molecule has 0 aliphatic rings. The summed E-state index contributed by atoms with van der Waals surface area (Å²) in [5, 5.41) is 0. The van der Waals surface area contributed by atoms with Crippen LogP contribution in [-0.2, 0) is 16.4 Å². The molecular weight excluding hydrogens is 326 g/mol. The molecule has 0 heterocycles. The van der Waals surface area contributed by atoms with Crippen molar-refractivity contribution >= 4 is 15.7 Å². The first kappa shape index (κ1) is 18.1. The van der Waals surface area contributed by atoms with Crippen molar-refractivity contribution in [2.24, 2.45) is 0 Å². The summed E-state index contributed by atoms with van der Waals surface area (Å²) in [6, 6.07) is 12.0.